The van der Waals surface area contributed by atoms with Gasteiger partial charge in [-0.3, -0.25) is 9.89 Å². The minimum Gasteiger partial charge on any atom is -0.321 e. The normalized spacial score (nSPS) is 13.4. The molecule has 7 nitrogen and oxygen atoms in total. The predicted molar refractivity (Wildman–Crippen MR) is 105 cm³/mol. The van der Waals surface area contributed by atoms with Gasteiger partial charge in [-0.1, -0.05) is 6.07 Å². The second-order valence-corrected chi connectivity index (χ2v) is 6.98. The first-order valence-corrected chi connectivity index (χ1v) is 9.31. The summed E-state index contributed by atoms with van der Waals surface area (Å²) < 4.78 is 14.8. The number of hydrogen-bond donors (Lipinski definition) is 2. The second-order valence-electron chi connectivity index (χ2n) is 6.98. The maximum Gasteiger partial charge on any atom is 0.276 e. The number of benzene rings is 2. The standard InChI is InChI=1S/C21H17FN6O/c22-15-2-1-3-17(12-15)28-11-10-18(27-28)21(29)23-16-8-6-14(7-9-16)20-24-19(25-26-20)13-4-5-13/h1-3,6-13H,4-5H2,(H,23,29)(H,24,25,26). The molecule has 8 heteroatoms. The summed E-state index contributed by atoms with van der Waals surface area (Å²) in [6.45, 7) is 0. The van der Waals surface area contributed by atoms with Crippen molar-refractivity contribution in [3.8, 4) is 17.1 Å². The molecule has 0 aliphatic heterocycles. The van der Waals surface area contributed by atoms with E-state index in [1.807, 2.05) is 12.1 Å². The van der Waals surface area contributed by atoms with E-state index in [0.29, 0.717) is 23.1 Å². The van der Waals surface area contributed by atoms with Crippen LogP contribution in [0.4, 0.5) is 10.1 Å². The van der Waals surface area contributed by atoms with E-state index >= 15 is 0 Å². The van der Waals surface area contributed by atoms with Crippen LogP contribution in [0.2, 0.25) is 0 Å². The molecule has 0 unspecified atom stereocenters. The van der Waals surface area contributed by atoms with E-state index in [9.17, 15) is 9.18 Å². The minimum absolute atomic E-state index is 0.237. The Morgan fingerprint density at radius 2 is 1.97 bits per heavy atom. The fraction of sp³-hybridized carbons (Fsp3) is 0.143. The minimum atomic E-state index is -0.361. The van der Waals surface area contributed by atoms with Gasteiger partial charge in [-0.2, -0.15) is 10.2 Å². The van der Waals surface area contributed by atoms with Crippen LogP contribution in [0.15, 0.2) is 60.8 Å². The van der Waals surface area contributed by atoms with Crippen LogP contribution in [0.3, 0.4) is 0 Å². The Morgan fingerprint density at radius 3 is 2.72 bits per heavy atom. The summed E-state index contributed by atoms with van der Waals surface area (Å²) in [4.78, 5) is 17.0. The van der Waals surface area contributed by atoms with Crippen molar-refractivity contribution in [3.05, 3.63) is 78.1 Å². The molecule has 0 saturated heterocycles. The third-order valence-corrected chi connectivity index (χ3v) is 4.76. The fourth-order valence-corrected chi connectivity index (χ4v) is 3.05. The highest BCUT2D eigenvalue weighted by Gasteiger charge is 2.27. The maximum absolute atomic E-state index is 13.4. The molecule has 2 aromatic carbocycles. The van der Waals surface area contributed by atoms with Crippen LogP contribution in [-0.2, 0) is 0 Å². The molecule has 2 aromatic heterocycles. The summed E-state index contributed by atoms with van der Waals surface area (Å²) in [5.74, 6) is 1.40. The maximum atomic E-state index is 13.4. The number of aromatic nitrogens is 5. The molecule has 1 aliphatic carbocycles. The van der Waals surface area contributed by atoms with Gasteiger partial charge < -0.3 is 5.32 Å². The molecule has 0 bridgehead atoms. The summed E-state index contributed by atoms with van der Waals surface area (Å²) in [6, 6.07) is 14.9. The lowest BCUT2D eigenvalue weighted by Gasteiger charge is -2.04. The van der Waals surface area contributed by atoms with Crippen LogP contribution >= 0.6 is 0 Å². The van der Waals surface area contributed by atoms with E-state index in [-0.39, 0.29) is 17.4 Å². The molecule has 0 radical (unpaired) electrons. The molecule has 1 amide bonds. The van der Waals surface area contributed by atoms with Crippen molar-refractivity contribution in [2.24, 2.45) is 0 Å². The Bertz CT molecular complexity index is 1180. The third kappa shape index (κ3) is 3.64. The van der Waals surface area contributed by atoms with Crippen molar-refractivity contribution >= 4 is 11.6 Å². The second kappa shape index (κ2) is 6.97. The summed E-state index contributed by atoms with van der Waals surface area (Å²) >= 11 is 0. The molecule has 1 saturated carbocycles. The SMILES string of the molecule is O=C(Nc1ccc(-c2n[nH]c(C3CC3)n2)cc1)c1ccn(-c2cccc(F)c2)n1. The number of hydrogen-bond acceptors (Lipinski definition) is 4. The topological polar surface area (TPSA) is 88.5 Å². The van der Waals surface area contributed by atoms with Crippen LogP contribution in [-0.4, -0.2) is 30.9 Å². The first-order valence-electron chi connectivity index (χ1n) is 9.31. The first kappa shape index (κ1) is 17.3. The highest BCUT2D eigenvalue weighted by molar-refractivity contribution is 6.02. The monoisotopic (exact) mass is 388 g/mol. The number of H-pyrrole nitrogens is 1. The lowest BCUT2D eigenvalue weighted by Crippen LogP contribution is -2.13. The van der Waals surface area contributed by atoms with E-state index < -0.39 is 0 Å². The molecular weight excluding hydrogens is 371 g/mol. The number of carbonyl (C=O) groups is 1. The van der Waals surface area contributed by atoms with E-state index in [1.54, 1.807) is 36.5 Å². The summed E-state index contributed by atoms with van der Waals surface area (Å²) in [5.41, 5.74) is 2.30. The van der Waals surface area contributed by atoms with Gasteiger partial charge in [0.15, 0.2) is 11.5 Å². The molecule has 0 spiro atoms. The molecule has 2 N–H and O–H groups in total. The van der Waals surface area contributed by atoms with E-state index in [4.69, 9.17) is 0 Å². The van der Waals surface area contributed by atoms with Crippen LogP contribution in [0.25, 0.3) is 17.1 Å². The predicted octanol–water partition coefficient (Wildman–Crippen LogP) is 3.93. The van der Waals surface area contributed by atoms with Crippen LogP contribution < -0.4 is 5.32 Å². The summed E-state index contributed by atoms with van der Waals surface area (Å²) in [7, 11) is 0. The largest absolute Gasteiger partial charge is 0.321 e. The van der Waals surface area contributed by atoms with Crippen molar-refractivity contribution in [2.45, 2.75) is 18.8 Å². The summed E-state index contributed by atoms with van der Waals surface area (Å²) in [5, 5.41) is 14.3. The number of amides is 1. The first-order chi connectivity index (χ1) is 14.2. The molecule has 2 heterocycles. The number of rotatable bonds is 5. The molecule has 1 aliphatic rings. The lowest BCUT2D eigenvalue weighted by molar-refractivity contribution is 0.102. The van der Waals surface area contributed by atoms with Crippen LogP contribution in [0.5, 0.6) is 0 Å². The zero-order chi connectivity index (χ0) is 19.8. The van der Waals surface area contributed by atoms with Crippen molar-refractivity contribution < 1.29 is 9.18 Å². The van der Waals surface area contributed by atoms with Gasteiger partial charge in [0.1, 0.15) is 11.6 Å². The Morgan fingerprint density at radius 1 is 1.14 bits per heavy atom. The van der Waals surface area contributed by atoms with Crippen molar-refractivity contribution in [1.29, 1.82) is 0 Å². The van der Waals surface area contributed by atoms with Crippen molar-refractivity contribution in [1.82, 2.24) is 25.0 Å². The van der Waals surface area contributed by atoms with Gasteiger partial charge in [-0.05, 0) is 61.4 Å². The zero-order valence-electron chi connectivity index (χ0n) is 15.3. The smallest absolute Gasteiger partial charge is 0.276 e. The molecule has 0 atom stereocenters. The number of nitrogens with one attached hydrogen (secondary N) is 2. The van der Waals surface area contributed by atoms with E-state index in [2.05, 4.69) is 25.6 Å². The number of aromatic amines is 1. The summed E-state index contributed by atoms with van der Waals surface area (Å²) in [6.07, 6.45) is 3.94. The van der Waals surface area contributed by atoms with Gasteiger partial charge in [0.25, 0.3) is 5.91 Å². The average molecular weight is 388 g/mol. The van der Waals surface area contributed by atoms with Gasteiger partial charge in [-0.15, -0.1) is 0 Å². The number of halogens is 1. The number of carbonyl (C=O) groups excluding carboxylic acids is 1. The zero-order valence-corrected chi connectivity index (χ0v) is 15.3. The quantitative estimate of drug-likeness (QED) is 0.542. The van der Waals surface area contributed by atoms with E-state index in [1.165, 1.54) is 16.8 Å². The number of nitrogens with zero attached hydrogens (tertiary/aromatic N) is 4. The Balaban J connectivity index is 1.28. The van der Waals surface area contributed by atoms with Gasteiger partial charge in [0, 0.05) is 23.4 Å². The van der Waals surface area contributed by atoms with Gasteiger partial charge >= 0.3 is 0 Å². The Hall–Kier alpha value is -3.81. The van der Waals surface area contributed by atoms with Crippen molar-refractivity contribution in [2.75, 3.05) is 5.32 Å². The molecule has 1 fully saturated rings. The number of anilines is 1. The molecule has 29 heavy (non-hydrogen) atoms. The molecule has 5 rings (SSSR count). The molecule has 144 valence electrons. The van der Waals surface area contributed by atoms with Crippen LogP contribution in [0, 0.1) is 5.82 Å². The molecule has 4 aromatic rings. The average Bonchev–Trinajstić information content (AvgIpc) is 3.26. The highest BCUT2D eigenvalue weighted by atomic mass is 19.1. The van der Waals surface area contributed by atoms with Gasteiger partial charge in [0.2, 0.25) is 0 Å². The van der Waals surface area contributed by atoms with E-state index in [0.717, 1.165) is 24.2 Å². The Labute approximate surface area is 165 Å². The van der Waals surface area contributed by atoms with Crippen molar-refractivity contribution in [3.63, 3.8) is 0 Å². The van der Waals surface area contributed by atoms with Crippen LogP contribution in [0.1, 0.15) is 35.1 Å². The van der Waals surface area contributed by atoms with Gasteiger partial charge in [-0.25, -0.2) is 14.1 Å². The lowest BCUT2D eigenvalue weighted by atomic mass is 10.2. The third-order valence-electron chi connectivity index (χ3n) is 4.76. The van der Waals surface area contributed by atoms with Gasteiger partial charge in [0.05, 0.1) is 5.69 Å². The Kier molecular flexibility index (Phi) is 4.16. The molecular formula is C21H17FN6O. The fourth-order valence-electron chi connectivity index (χ4n) is 3.05. The highest BCUT2D eigenvalue weighted by Crippen LogP contribution is 2.38.